The molecule has 0 aromatic heterocycles. The van der Waals surface area contributed by atoms with Gasteiger partial charge < -0.3 is 0 Å². The summed E-state index contributed by atoms with van der Waals surface area (Å²) in [4.78, 5) is 11.0. The van der Waals surface area contributed by atoms with Crippen LogP contribution in [0.25, 0.3) is 0 Å². The van der Waals surface area contributed by atoms with Crippen LogP contribution in [0.5, 0.6) is 0 Å². The predicted octanol–water partition coefficient (Wildman–Crippen LogP) is 1.69. The minimum absolute atomic E-state index is 0.193. The minimum Gasteiger partial charge on any atom is -0.286 e. The van der Waals surface area contributed by atoms with Crippen molar-refractivity contribution in [2.45, 2.75) is 5.25 Å². The van der Waals surface area contributed by atoms with Crippen LogP contribution < -0.4 is 0 Å². The highest BCUT2D eigenvalue weighted by atomic mass is 32.2. The number of nitrogens with zero attached hydrogens (tertiary/aromatic N) is 1. The molecule has 1 amide bonds. The Hall–Kier alpha value is -1.00. The maximum atomic E-state index is 11.0. The maximum absolute atomic E-state index is 11.0. The molecule has 0 bridgehead atoms. The number of rotatable bonds is 1. The van der Waals surface area contributed by atoms with Gasteiger partial charge in [0.2, 0.25) is 0 Å². The molecule has 1 N–H and O–H groups in total. The molecule has 2 rings (SSSR count). The summed E-state index contributed by atoms with van der Waals surface area (Å²) in [5, 5.41) is 10.3. The van der Waals surface area contributed by atoms with Crippen LogP contribution in [0.15, 0.2) is 30.3 Å². The van der Waals surface area contributed by atoms with Gasteiger partial charge in [-0.2, -0.15) is 0 Å². The number of amides is 1. The van der Waals surface area contributed by atoms with Gasteiger partial charge in [-0.25, -0.2) is 5.06 Å². The molecule has 1 heterocycles. The molecule has 74 valence electrons. The van der Waals surface area contributed by atoms with E-state index in [1.165, 1.54) is 0 Å². The van der Waals surface area contributed by atoms with Crippen molar-refractivity contribution in [1.29, 1.82) is 0 Å². The van der Waals surface area contributed by atoms with Crippen LogP contribution in [-0.4, -0.2) is 28.5 Å². The maximum Gasteiger partial charge on any atom is 0.255 e. The Bertz CT molecular complexity index is 328. The Labute approximate surface area is 86.7 Å². The van der Waals surface area contributed by atoms with Crippen LogP contribution in [0.2, 0.25) is 0 Å². The number of hydrogen-bond donors (Lipinski definition) is 1. The van der Waals surface area contributed by atoms with E-state index in [2.05, 4.69) is 0 Å². The van der Waals surface area contributed by atoms with E-state index in [-0.39, 0.29) is 11.2 Å². The van der Waals surface area contributed by atoms with E-state index in [4.69, 9.17) is 0 Å². The number of thioether (sulfide) groups is 1. The Balaban J connectivity index is 2.11. The fraction of sp³-hybridized carbons (Fsp3) is 0.300. The van der Waals surface area contributed by atoms with E-state index in [0.29, 0.717) is 12.3 Å². The van der Waals surface area contributed by atoms with Crippen LogP contribution in [0.3, 0.4) is 0 Å². The van der Waals surface area contributed by atoms with Crippen molar-refractivity contribution < 1.29 is 10.0 Å². The molecule has 1 saturated heterocycles. The summed E-state index contributed by atoms with van der Waals surface area (Å²) in [6.45, 7) is 0.382. The number of hydroxylamine groups is 2. The number of carbonyl (C=O) groups excluding carboxylic acids is 1. The molecule has 1 aliphatic rings. The molecule has 1 fully saturated rings. The van der Waals surface area contributed by atoms with Crippen molar-refractivity contribution in [3.63, 3.8) is 0 Å². The van der Waals surface area contributed by atoms with E-state index in [1.807, 2.05) is 30.3 Å². The van der Waals surface area contributed by atoms with Crippen molar-refractivity contribution in [3.8, 4) is 0 Å². The Morgan fingerprint density at radius 1 is 1.36 bits per heavy atom. The standard InChI is InChI=1S/C10H11NO2S/c12-10-7-14-9(6-11(10)13)8-4-2-1-3-5-8/h1-5,9,13H,6-7H2. The highest BCUT2D eigenvalue weighted by molar-refractivity contribution is 8.00. The lowest BCUT2D eigenvalue weighted by molar-refractivity contribution is -0.163. The second kappa shape index (κ2) is 4.02. The average molecular weight is 209 g/mol. The molecule has 3 nitrogen and oxygen atoms in total. The zero-order valence-corrected chi connectivity index (χ0v) is 8.41. The van der Waals surface area contributed by atoms with Gasteiger partial charge in [0.15, 0.2) is 0 Å². The van der Waals surface area contributed by atoms with Gasteiger partial charge >= 0.3 is 0 Å². The smallest absolute Gasteiger partial charge is 0.255 e. The third kappa shape index (κ3) is 1.91. The summed E-state index contributed by atoms with van der Waals surface area (Å²) in [7, 11) is 0. The van der Waals surface area contributed by atoms with E-state index in [0.717, 1.165) is 10.6 Å². The van der Waals surface area contributed by atoms with E-state index in [9.17, 15) is 10.0 Å². The Morgan fingerprint density at radius 3 is 2.71 bits per heavy atom. The highest BCUT2D eigenvalue weighted by Gasteiger charge is 2.25. The van der Waals surface area contributed by atoms with Gasteiger partial charge in [-0.3, -0.25) is 10.0 Å². The summed E-state index contributed by atoms with van der Waals surface area (Å²) in [6, 6.07) is 9.92. The third-order valence-electron chi connectivity index (χ3n) is 2.21. The molecule has 0 aliphatic carbocycles. The zero-order valence-electron chi connectivity index (χ0n) is 7.59. The molecule has 0 radical (unpaired) electrons. The minimum atomic E-state index is -0.206. The summed E-state index contributed by atoms with van der Waals surface area (Å²) in [5.41, 5.74) is 1.16. The fourth-order valence-corrected chi connectivity index (χ4v) is 2.52. The van der Waals surface area contributed by atoms with E-state index in [1.54, 1.807) is 11.8 Å². The van der Waals surface area contributed by atoms with Gasteiger partial charge in [-0.05, 0) is 5.56 Å². The molecular weight excluding hydrogens is 198 g/mol. The van der Waals surface area contributed by atoms with Crippen molar-refractivity contribution in [1.82, 2.24) is 5.06 Å². The summed E-state index contributed by atoms with van der Waals surface area (Å²) < 4.78 is 0. The summed E-state index contributed by atoms with van der Waals surface area (Å²) in [5.74, 6) is 0.151. The van der Waals surface area contributed by atoms with Crippen molar-refractivity contribution in [2.75, 3.05) is 12.3 Å². The number of benzene rings is 1. The molecule has 1 unspecified atom stereocenters. The van der Waals surface area contributed by atoms with E-state index < -0.39 is 0 Å². The first-order valence-corrected chi connectivity index (χ1v) is 5.48. The van der Waals surface area contributed by atoms with Gasteiger partial charge in [-0.1, -0.05) is 30.3 Å². The number of hydrogen-bond acceptors (Lipinski definition) is 3. The first kappa shape index (κ1) is 9.55. The normalized spacial score (nSPS) is 22.5. The largest absolute Gasteiger partial charge is 0.286 e. The summed E-state index contributed by atoms with van der Waals surface area (Å²) >= 11 is 1.58. The predicted molar refractivity (Wildman–Crippen MR) is 55.1 cm³/mol. The molecular formula is C10H11NO2S. The van der Waals surface area contributed by atoms with Crippen LogP contribution >= 0.6 is 11.8 Å². The molecule has 1 aliphatic heterocycles. The van der Waals surface area contributed by atoms with Gasteiger partial charge in [0, 0.05) is 0 Å². The summed E-state index contributed by atoms with van der Waals surface area (Å²) in [6.07, 6.45) is 0. The molecule has 0 spiro atoms. The molecule has 1 aromatic carbocycles. The topological polar surface area (TPSA) is 40.5 Å². The lowest BCUT2D eigenvalue weighted by Crippen LogP contribution is -2.36. The quantitative estimate of drug-likeness (QED) is 0.715. The van der Waals surface area contributed by atoms with Crippen molar-refractivity contribution in [3.05, 3.63) is 35.9 Å². The van der Waals surface area contributed by atoms with Crippen molar-refractivity contribution >= 4 is 17.7 Å². The Kier molecular flexibility index (Phi) is 2.74. The first-order valence-electron chi connectivity index (χ1n) is 4.43. The van der Waals surface area contributed by atoms with Gasteiger partial charge in [0.05, 0.1) is 17.5 Å². The molecule has 1 aromatic rings. The molecule has 0 saturated carbocycles. The second-order valence-corrected chi connectivity index (χ2v) is 4.38. The third-order valence-corrected chi connectivity index (χ3v) is 3.44. The molecule has 14 heavy (non-hydrogen) atoms. The lowest BCUT2D eigenvalue weighted by Gasteiger charge is -2.27. The fourth-order valence-electron chi connectivity index (χ4n) is 1.43. The van der Waals surface area contributed by atoms with Crippen LogP contribution in [0.4, 0.5) is 0 Å². The van der Waals surface area contributed by atoms with Gasteiger partial charge in [0.1, 0.15) is 0 Å². The molecule has 1 atom stereocenters. The highest BCUT2D eigenvalue weighted by Crippen LogP contribution is 2.32. The average Bonchev–Trinajstić information content (AvgIpc) is 2.23. The first-order chi connectivity index (χ1) is 6.77. The van der Waals surface area contributed by atoms with Gasteiger partial charge in [0.25, 0.3) is 5.91 Å². The zero-order chi connectivity index (χ0) is 9.97. The SMILES string of the molecule is O=C1CSC(c2ccccc2)CN1O. The van der Waals surface area contributed by atoms with Crippen LogP contribution in [0.1, 0.15) is 10.8 Å². The molecule has 4 heteroatoms. The van der Waals surface area contributed by atoms with Crippen molar-refractivity contribution in [2.24, 2.45) is 0 Å². The van der Waals surface area contributed by atoms with Gasteiger partial charge in [-0.15, -0.1) is 11.8 Å². The second-order valence-electron chi connectivity index (χ2n) is 3.19. The van der Waals surface area contributed by atoms with Crippen LogP contribution in [-0.2, 0) is 4.79 Å². The Morgan fingerprint density at radius 2 is 2.07 bits per heavy atom. The van der Waals surface area contributed by atoms with E-state index >= 15 is 0 Å². The van der Waals surface area contributed by atoms with Crippen LogP contribution in [0, 0.1) is 0 Å². The lowest BCUT2D eigenvalue weighted by atomic mass is 10.1. The monoisotopic (exact) mass is 209 g/mol. The number of carbonyl (C=O) groups is 1.